The van der Waals surface area contributed by atoms with Crippen LogP contribution in [0.25, 0.3) is 0 Å². The van der Waals surface area contributed by atoms with E-state index in [0.29, 0.717) is 22.2 Å². The largest absolute Gasteiger partial charge is 0.352 e. The number of rotatable bonds is 4. The molecule has 0 saturated carbocycles. The molecule has 1 rings (SSSR count). The molecule has 2 nitrogen and oxygen atoms in total. The van der Waals surface area contributed by atoms with Crippen LogP contribution in [0, 0.1) is 0 Å². The first kappa shape index (κ1) is 12.3. The van der Waals surface area contributed by atoms with Crippen LogP contribution in [0.2, 0.25) is 10.0 Å². The molecule has 1 aromatic rings. The standard InChI is InChI=1S/C11H13Cl2NO/c1-2-3-6-14-11(15)9-7-8(12)4-5-10(9)13/h4-5,7H,2-3,6H2,1H3,(H,14,15). The lowest BCUT2D eigenvalue weighted by Gasteiger charge is -2.06. The summed E-state index contributed by atoms with van der Waals surface area (Å²) in [5.41, 5.74) is 0.431. The van der Waals surface area contributed by atoms with Crippen molar-refractivity contribution in [3.8, 4) is 0 Å². The normalized spacial score (nSPS) is 10.1. The van der Waals surface area contributed by atoms with E-state index in [2.05, 4.69) is 12.2 Å². The zero-order chi connectivity index (χ0) is 11.3. The molecule has 0 bridgehead atoms. The fraction of sp³-hybridized carbons (Fsp3) is 0.364. The second-order valence-electron chi connectivity index (χ2n) is 3.23. The van der Waals surface area contributed by atoms with Gasteiger partial charge in [-0.25, -0.2) is 0 Å². The fourth-order valence-electron chi connectivity index (χ4n) is 1.15. The first-order valence-corrected chi connectivity index (χ1v) is 5.64. The summed E-state index contributed by atoms with van der Waals surface area (Å²) in [6.07, 6.45) is 2.01. The van der Waals surface area contributed by atoms with E-state index in [1.807, 2.05) is 0 Å². The fourth-order valence-corrected chi connectivity index (χ4v) is 1.52. The maximum absolute atomic E-state index is 11.6. The quantitative estimate of drug-likeness (QED) is 0.809. The Hall–Kier alpha value is -0.730. The summed E-state index contributed by atoms with van der Waals surface area (Å²) < 4.78 is 0. The molecular formula is C11H13Cl2NO. The first-order chi connectivity index (χ1) is 7.15. The molecular weight excluding hydrogens is 233 g/mol. The average Bonchev–Trinajstić information content (AvgIpc) is 2.22. The first-order valence-electron chi connectivity index (χ1n) is 4.88. The van der Waals surface area contributed by atoms with Gasteiger partial charge in [-0.3, -0.25) is 4.79 Å². The molecule has 0 unspecified atom stereocenters. The maximum Gasteiger partial charge on any atom is 0.252 e. The lowest BCUT2D eigenvalue weighted by Crippen LogP contribution is -2.24. The summed E-state index contributed by atoms with van der Waals surface area (Å²) in [6, 6.07) is 4.86. The monoisotopic (exact) mass is 245 g/mol. The van der Waals surface area contributed by atoms with Crippen LogP contribution in [0.15, 0.2) is 18.2 Å². The van der Waals surface area contributed by atoms with Crippen LogP contribution in [0.4, 0.5) is 0 Å². The predicted molar refractivity (Wildman–Crippen MR) is 63.7 cm³/mol. The Balaban J connectivity index is 2.68. The minimum Gasteiger partial charge on any atom is -0.352 e. The van der Waals surface area contributed by atoms with Crippen LogP contribution in [0.3, 0.4) is 0 Å². The Labute approximate surface area is 99.6 Å². The summed E-state index contributed by atoms with van der Waals surface area (Å²) in [6.45, 7) is 2.73. The van der Waals surface area contributed by atoms with Gasteiger partial charge in [-0.2, -0.15) is 0 Å². The van der Waals surface area contributed by atoms with Gasteiger partial charge in [-0.15, -0.1) is 0 Å². The summed E-state index contributed by atoms with van der Waals surface area (Å²) in [5.74, 6) is -0.170. The van der Waals surface area contributed by atoms with E-state index in [0.717, 1.165) is 12.8 Å². The Bertz CT molecular complexity index is 352. The van der Waals surface area contributed by atoms with Gasteiger partial charge in [0.1, 0.15) is 0 Å². The number of amides is 1. The Kier molecular flexibility index (Phi) is 4.92. The number of hydrogen-bond acceptors (Lipinski definition) is 1. The lowest BCUT2D eigenvalue weighted by atomic mass is 10.2. The molecule has 0 aliphatic rings. The SMILES string of the molecule is CCCCNC(=O)c1cc(Cl)ccc1Cl. The average molecular weight is 246 g/mol. The minimum atomic E-state index is -0.170. The number of halogens is 2. The van der Waals surface area contributed by atoms with Gasteiger partial charge in [0, 0.05) is 11.6 Å². The highest BCUT2D eigenvalue weighted by Gasteiger charge is 2.09. The van der Waals surface area contributed by atoms with Crippen molar-refractivity contribution in [3.05, 3.63) is 33.8 Å². The third-order valence-electron chi connectivity index (χ3n) is 1.99. The van der Waals surface area contributed by atoms with E-state index in [4.69, 9.17) is 23.2 Å². The molecule has 0 aliphatic carbocycles. The summed E-state index contributed by atoms with van der Waals surface area (Å²) in [4.78, 5) is 11.6. The molecule has 0 heterocycles. The number of carbonyl (C=O) groups excluding carboxylic acids is 1. The third-order valence-corrected chi connectivity index (χ3v) is 2.55. The predicted octanol–water partition coefficient (Wildman–Crippen LogP) is 3.52. The van der Waals surface area contributed by atoms with Gasteiger partial charge in [-0.1, -0.05) is 36.5 Å². The number of hydrogen-bond donors (Lipinski definition) is 1. The van der Waals surface area contributed by atoms with Crippen molar-refractivity contribution < 1.29 is 4.79 Å². The van der Waals surface area contributed by atoms with Crippen molar-refractivity contribution in [2.24, 2.45) is 0 Å². The van der Waals surface area contributed by atoms with E-state index < -0.39 is 0 Å². The molecule has 82 valence electrons. The number of nitrogens with one attached hydrogen (secondary N) is 1. The second-order valence-corrected chi connectivity index (χ2v) is 4.08. The van der Waals surface area contributed by atoms with Gasteiger partial charge in [0.2, 0.25) is 0 Å². The van der Waals surface area contributed by atoms with Crippen LogP contribution in [-0.4, -0.2) is 12.5 Å². The number of carbonyl (C=O) groups is 1. The molecule has 0 radical (unpaired) electrons. The van der Waals surface area contributed by atoms with Crippen molar-refractivity contribution >= 4 is 29.1 Å². The molecule has 1 N–H and O–H groups in total. The summed E-state index contributed by atoms with van der Waals surface area (Å²) in [5, 5.41) is 3.72. The topological polar surface area (TPSA) is 29.1 Å². The zero-order valence-corrected chi connectivity index (χ0v) is 10.0. The molecule has 15 heavy (non-hydrogen) atoms. The van der Waals surface area contributed by atoms with Crippen LogP contribution in [0.5, 0.6) is 0 Å². The van der Waals surface area contributed by atoms with Crippen LogP contribution < -0.4 is 5.32 Å². The molecule has 0 saturated heterocycles. The van der Waals surface area contributed by atoms with E-state index in [1.54, 1.807) is 18.2 Å². The molecule has 0 aliphatic heterocycles. The van der Waals surface area contributed by atoms with Crippen molar-refractivity contribution in [2.45, 2.75) is 19.8 Å². The molecule has 4 heteroatoms. The molecule has 0 atom stereocenters. The second kappa shape index (κ2) is 5.99. The van der Waals surface area contributed by atoms with Crippen LogP contribution in [-0.2, 0) is 0 Å². The van der Waals surface area contributed by atoms with Gasteiger partial charge >= 0.3 is 0 Å². The highest BCUT2D eigenvalue weighted by atomic mass is 35.5. The summed E-state index contributed by atoms with van der Waals surface area (Å²) in [7, 11) is 0. The van der Waals surface area contributed by atoms with Gasteiger partial charge in [-0.05, 0) is 24.6 Å². The van der Waals surface area contributed by atoms with Crippen molar-refractivity contribution in [1.29, 1.82) is 0 Å². The highest BCUT2D eigenvalue weighted by molar-refractivity contribution is 6.35. The van der Waals surface area contributed by atoms with Crippen molar-refractivity contribution in [2.75, 3.05) is 6.54 Å². The number of benzene rings is 1. The molecule has 1 aromatic carbocycles. The highest BCUT2D eigenvalue weighted by Crippen LogP contribution is 2.20. The van der Waals surface area contributed by atoms with E-state index in [9.17, 15) is 4.79 Å². The maximum atomic E-state index is 11.6. The van der Waals surface area contributed by atoms with Gasteiger partial charge in [0.25, 0.3) is 5.91 Å². The summed E-state index contributed by atoms with van der Waals surface area (Å²) >= 11 is 11.7. The molecule has 0 spiro atoms. The van der Waals surface area contributed by atoms with Gasteiger partial charge < -0.3 is 5.32 Å². The Morgan fingerprint density at radius 3 is 2.80 bits per heavy atom. The van der Waals surface area contributed by atoms with Gasteiger partial charge in [0.05, 0.1) is 10.6 Å². The van der Waals surface area contributed by atoms with Gasteiger partial charge in [0.15, 0.2) is 0 Å². The lowest BCUT2D eigenvalue weighted by molar-refractivity contribution is 0.0953. The van der Waals surface area contributed by atoms with Crippen molar-refractivity contribution in [1.82, 2.24) is 5.32 Å². The van der Waals surface area contributed by atoms with Crippen LogP contribution in [0.1, 0.15) is 30.1 Å². The van der Waals surface area contributed by atoms with Crippen LogP contribution >= 0.6 is 23.2 Å². The molecule has 0 aromatic heterocycles. The van der Waals surface area contributed by atoms with E-state index in [-0.39, 0.29) is 5.91 Å². The molecule has 1 amide bonds. The molecule has 0 fully saturated rings. The van der Waals surface area contributed by atoms with Crippen molar-refractivity contribution in [3.63, 3.8) is 0 Å². The van der Waals surface area contributed by atoms with E-state index in [1.165, 1.54) is 0 Å². The number of unbranched alkanes of at least 4 members (excludes halogenated alkanes) is 1. The Morgan fingerprint density at radius 1 is 1.40 bits per heavy atom. The third kappa shape index (κ3) is 3.73. The smallest absolute Gasteiger partial charge is 0.252 e. The minimum absolute atomic E-state index is 0.170. The zero-order valence-electron chi connectivity index (χ0n) is 8.52. The van der Waals surface area contributed by atoms with E-state index >= 15 is 0 Å². The Morgan fingerprint density at radius 2 is 2.13 bits per heavy atom.